The number of aromatic nitrogens is 2. The van der Waals surface area contributed by atoms with Gasteiger partial charge in [-0.2, -0.15) is 5.10 Å². The first-order valence-electron chi connectivity index (χ1n) is 6.56. The maximum atomic E-state index is 14.0. The highest BCUT2D eigenvalue weighted by Crippen LogP contribution is 2.26. The van der Waals surface area contributed by atoms with E-state index in [0.717, 1.165) is 23.5 Å². The van der Waals surface area contributed by atoms with Crippen molar-refractivity contribution in [2.45, 2.75) is 40.2 Å². The minimum atomic E-state index is -0.370. The summed E-state index contributed by atoms with van der Waals surface area (Å²) in [6.07, 6.45) is 0.917. The van der Waals surface area contributed by atoms with Gasteiger partial charge in [0.15, 0.2) is 0 Å². The summed E-state index contributed by atoms with van der Waals surface area (Å²) in [5.74, 6) is -0.280. The SMILES string of the molecule is CCc1c(C)nn(-c2cccc(F)c2[C@@H](C)N)c1C. The molecule has 0 saturated carbocycles. The molecule has 0 spiro atoms. The van der Waals surface area contributed by atoms with Crippen molar-refractivity contribution in [1.82, 2.24) is 9.78 Å². The standard InChI is InChI=1S/C15H20FN3/c1-5-12-10(3)18-19(11(12)4)14-8-6-7-13(16)15(14)9(2)17/h6-9H,5,17H2,1-4H3/t9-/m1/s1. The molecule has 0 bridgehead atoms. The second kappa shape index (κ2) is 5.13. The normalized spacial score (nSPS) is 12.7. The number of halogens is 1. The summed E-state index contributed by atoms with van der Waals surface area (Å²) in [6.45, 7) is 7.87. The Labute approximate surface area is 113 Å². The van der Waals surface area contributed by atoms with Gasteiger partial charge in [0.1, 0.15) is 5.82 Å². The molecule has 0 saturated heterocycles. The van der Waals surface area contributed by atoms with Crippen molar-refractivity contribution < 1.29 is 4.39 Å². The van der Waals surface area contributed by atoms with E-state index in [1.807, 2.05) is 19.9 Å². The molecule has 19 heavy (non-hydrogen) atoms. The largest absolute Gasteiger partial charge is 0.324 e. The van der Waals surface area contributed by atoms with E-state index in [-0.39, 0.29) is 11.9 Å². The maximum absolute atomic E-state index is 14.0. The second-order valence-electron chi connectivity index (χ2n) is 4.88. The minimum absolute atomic E-state index is 0.280. The van der Waals surface area contributed by atoms with Crippen molar-refractivity contribution >= 4 is 0 Å². The van der Waals surface area contributed by atoms with Crippen LogP contribution in [-0.4, -0.2) is 9.78 Å². The third-order valence-electron chi connectivity index (χ3n) is 3.51. The number of nitrogens with zero attached hydrogens (tertiary/aromatic N) is 2. The van der Waals surface area contributed by atoms with E-state index >= 15 is 0 Å². The van der Waals surface area contributed by atoms with Crippen molar-refractivity contribution in [3.05, 3.63) is 46.5 Å². The van der Waals surface area contributed by atoms with E-state index in [2.05, 4.69) is 12.0 Å². The van der Waals surface area contributed by atoms with Gasteiger partial charge in [0, 0.05) is 17.3 Å². The van der Waals surface area contributed by atoms with Crippen LogP contribution in [0.25, 0.3) is 5.69 Å². The summed E-state index contributed by atoms with van der Waals surface area (Å²) >= 11 is 0. The molecule has 1 atom stereocenters. The van der Waals surface area contributed by atoms with Gasteiger partial charge in [-0.25, -0.2) is 9.07 Å². The zero-order valence-electron chi connectivity index (χ0n) is 11.9. The molecule has 0 aliphatic carbocycles. The first-order chi connectivity index (χ1) is 8.97. The molecule has 0 fully saturated rings. The predicted molar refractivity (Wildman–Crippen MR) is 75.0 cm³/mol. The topological polar surface area (TPSA) is 43.8 Å². The average Bonchev–Trinajstić information content (AvgIpc) is 2.63. The molecule has 0 aliphatic heterocycles. The van der Waals surface area contributed by atoms with Crippen LogP contribution in [0, 0.1) is 19.7 Å². The van der Waals surface area contributed by atoms with Gasteiger partial charge in [-0.1, -0.05) is 13.0 Å². The van der Waals surface area contributed by atoms with Gasteiger partial charge < -0.3 is 5.73 Å². The van der Waals surface area contributed by atoms with Crippen LogP contribution < -0.4 is 5.73 Å². The van der Waals surface area contributed by atoms with Gasteiger partial charge in [0.25, 0.3) is 0 Å². The van der Waals surface area contributed by atoms with Gasteiger partial charge in [-0.3, -0.25) is 0 Å². The number of aryl methyl sites for hydroxylation is 1. The summed E-state index contributed by atoms with van der Waals surface area (Å²) in [7, 11) is 0. The predicted octanol–water partition coefficient (Wildman–Crippen LogP) is 3.21. The Morgan fingerprint density at radius 2 is 2.05 bits per heavy atom. The van der Waals surface area contributed by atoms with Crippen LogP contribution in [0.1, 0.15) is 42.4 Å². The lowest BCUT2D eigenvalue weighted by Gasteiger charge is -2.15. The van der Waals surface area contributed by atoms with E-state index < -0.39 is 0 Å². The van der Waals surface area contributed by atoms with Crippen molar-refractivity contribution in [2.24, 2.45) is 5.73 Å². The van der Waals surface area contributed by atoms with E-state index in [0.29, 0.717) is 5.56 Å². The highest BCUT2D eigenvalue weighted by atomic mass is 19.1. The summed E-state index contributed by atoms with van der Waals surface area (Å²) in [5, 5.41) is 4.53. The van der Waals surface area contributed by atoms with Crippen molar-refractivity contribution in [3.63, 3.8) is 0 Å². The summed E-state index contributed by atoms with van der Waals surface area (Å²) in [4.78, 5) is 0. The summed E-state index contributed by atoms with van der Waals surface area (Å²) in [6, 6.07) is 4.62. The maximum Gasteiger partial charge on any atom is 0.130 e. The zero-order valence-corrected chi connectivity index (χ0v) is 11.9. The summed E-state index contributed by atoms with van der Waals surface area (Å²) in [5.41, 5.74) is 10.4. The molecule has 0 unspecified atom stereocenters. The molecule has 0 radical (unpaired) electrons. The van der Waals surface area contributed by atoms with Crippen LogP contribution in [0.4, 0.5) is 4.39 Å². The Bertz CT molecular complexity index is 600. The lowest BCUT2D eigenvalue weighted by atomic mass is 10.1. The fraction of sp³-hybridized carbons (Fsp3) is 0.400. The fourth-order valence-electron chi connectivity index (χ4n) is 2.58. The smallest absolute Gasteiger partial charge is 0.130 e. The van der Waals surface area contributed by atoms with Crippen LogP contribution in [0.2, 0.25) is 0 Å². The lowest BCUT2D eigenvalue weighted by molar-refractivity contribution is 0.588. The van der Waals surface area contributed by atoms with Crippen molar-refractivity contribution in [1.29, 1.82) is 0 Å². The molecular weight excluding hydrogens is 241 g/mol. The summed E-state index contributed by atoms with van der Waals surface area (Å²) < 4.78 is 15.8. The van der Waals surface area contributed by atoms with Gasteiger partial charge in [0.2, 0.25) is 0 Å². The molecular formula is C15H20FN3. The molecule has 2 N–H and O–H groups in total. The number of benzene rings is 1. The minimum Gasteiger partial charge on any atom is -0.324 e. The van der Waals surface area contributed by atoms with Gasteiger partial charge >= 0.3 is 0 Å². The highest BCUT2D eigenvalue weighted by Gasteiger charge is 2.18. The van der Waals surface area contributed by atoms with Gasteiger partial charge in [0.05, 0.1) is 11.4 Å². The monoisotopic (exact) mass is 261 g/mol. The Kier molecular flexibility index (Phi) is 3.71. The average molecular weight is 261 g/mol. The molecule has 3 nitrogen and oxygen atoms in total. The fourth-order valence-corrected chi connectivity index (χ4v) is 2.58. The van der Waals surface area contributed by atoms with Crippen LogP contribution in [0.15, 0.2) is 18.2 Å². The molecule has 2 rings (SSSR count). The van der Waals surface area contributed by atoms with E-state index in [1.54, 1.807) is 17.7 Å². The first-order valence-corrected chi connectivity index (χ1v) is 6.56. The quantitative estimate of drug-likeness (QED) is 0.922. The van der Waals surface area contributed by atoms with Crippen LogP contribution in [0.5, 0.6) is 0 Å². The van der Waals surface area contributed by atoms with E-state index in [9.17, 15) is 4.39 Å². The molecule has 1 aromatic carbocycles. The first kappa shape index (κ1) is 13.7. The van der Waals surface area contributed by atoms with Crippen LogP contribution in [-0.2, 0) is 6.42 Å². The van der Waals surface area contributed by atoms with E-state index in [1.165, 1.54) is 11.6 Å². The van der Waals surface area contributed by atoms with Gasteiger partial charge in [-0.15, -0.1) is 0 Å². The molecule has 1 heterocycles. The molecule has 102 valence electrons. The lowest BCUT2D eigenvalue weighted by Crippen LogP contribution is -2.13. The van der Waals surface area contributed by atoms with Crippen LogP contribution >= 0.6 is 0 Å². The van der Waals surface area contributed by atoms with Crippen molar-refractivity contribution in [2.75, 3.05) is 0 Å². The molecule has 0 amide bonds. The Hall–Kier alpha value is -1.68. The Morgan fingerprint density at radius 3 is 2.58 bits per heavy atom. The van der Waals surface area contributed by atoms with Crippen molar-refractivity contribution in [3.8, 4) is 5.69 Å². The van der Waals surface area contributed by atoms with Crippen LogP contribution in [0.3, 0.4) is 0 Å². The Balaban J connectivity index is 2.69. The third kappa shape index (κ3) is 2.28. The number of hydrogen-bond acceptors (Lipinski definition) is 2. The number of rotatable bonds is 3. The molecule has 2 aromatic rings. The number of nitrogens with two attached hydrogens (primary N) is 1. The van der Waals surface area contributed by atoms with Gasteiger partial charge in [-0.05, 0) is 44.9 Å². The second-order valence-corrected chi connectivity index (χ2v) is 4.88. The Morgan fingerprint density at radius 1 is 1.37 bits per heavy atom. The molecule has 1 aromatic heterocycles. The number of hydrogen-bond donors (Lipinski definition) is 1. The van der Waals surface area contributed by atoms with E-state index in [4.69, 9.17) is 5.73 Å². The molecule has 0 aliphatic rings. The third-order valence-corrected chi connectivity index (χ3v) is 3.51. The molecule has 4 heteroatoms. The zero-order chi connectivity index (χ0) is 14.2. The highest BCUT2D eigenvalue weighted by molar-refractivity contribution is 5.45.